The van der Waals surface area contributed by atoms with Crippen molar-refractivity contribution in [3.63, 3.8) is 0 Å². The van der Waals surface area contributed by atoms with E-state index in [2.05, 4.69) is 11.9 Å². The average molecular weight is 275 g/mol. The topological polar surface area (TPSA) is 49.8 Å². The van der Waals surface area contributed by atoms with Crippen LogP contribution in [0.5, 0.6) is 0 Å². The summed E-state index contributed by atoms with van der Waals surface area (Å²) in [5.74, 6) is -0.271. The second-order valence-electron chi connectivity index (χ2n) is 5.90. The van der Waals surface area contributed by atoms with Gasteiger partial charge in [-0.05, 0) is 38.4 Å². The van der Waals surface area contributed by atoms with Gasteiger partial charge in [-0.3, -0.25) is 4.90 Å². The van der Waals surface area contributed by atoms with E-state index in [0.717, 1.165) is 19.3 Å². The molecule has 4 heteroatoms. The van der Waals surface area contributed by atoms with Gasteiger partial charge in [-0.2, -0.15) is 0 Å². The highest BCUT2D eigenvalue weighted by Gasteiger charge is 2.45. The number of ether oxygens (including phenoxy) is 1. The lowest BCUT2D eigenvalue weighted by atomic mass is 9.88. The molecule has 2 bridgehead atoms. The molecule has 1 aromatic carbocycles. The quantitative estimate of drug-likeness (QED) is 0.853. The molecule has 2 aliphatic rings. The van der Waals surface area contributed by atoms with Crippen LogP contribution in [0.15, 0.2) is 30.3 Å². The van der Waals surface area contributed by atoms with Crippen molar-refractivity contribution in [2.45, 2.75) is 37.5 Å². The maximum Gasteiger partial charge on any atom is 0.338 e. The number of hydrogen-bond acceptors (Lipinski definition) is 4. The van der Waals surface area contributed by atoms with E-state index >= 15 is 0 Å². The third kappa shape index (κ3) is 2.45. The highest BCUT2D eigenvalue weighted by atomic mass is 16.5. The number of carbonyl (C=O) groups excluding carboxylic acids is 1. The van der Waals surface area contributed by atoms with E-state index in [1.54, 1.807) is 12.1 Å². The van der Waals surface area contributed by atoms with Gasteiger partial charge in [0, 0.05) is 18.0 Å². The molecule has 0 radical (unpaired) electrons. The molecule has 0 saturated carbocycles. The van der Waals surface area contributed by atoms with Gasteiger partial charge in [0.25, 0.3) is 0 Å². The van der Waals surface area contributed by atoms with Crippen LogP contribution in [0.25, 0.3) is 0 Å². The maximum atomic E-state index is 12.0. The van der Waals surface area contributed by atoms with Gasteiger partial charge in [0.1, 0.15) is 0 Å². The van der Waals surface area contributed by atoms with E-state index in [9.17, 15) is 9.90 Å². The second-order valence-corrected chi connectivity index (χ2v) is 5.90. The zero-order valence-electron chi connectivity index (χ0n) is 11.7. The predicted octanol–water partition coefficient (Wildman–Crippen LogP) is 1.69. The fourth-order valence-corrected chi connectivity index (χ4v) is 3.60. The number of nitrogens with zero attached hydrogens (tertiary/aromatic N) is 1. The van der Waals surface area contributed by atoms with Crippen LogP contribution in [0.3, 0.4) is 0 Å². The molecule has 0 unspecified atom stereocenters. The van der Waals surface area contributed by atoms with E-state index in [-0.39, 0.29) is 18.0 Å². The van der Waals surface area contributed by atoms with Crippen molar-refractivity contribution in [1.82, 2.24) is 4.90 Å². The summed E-state index contributed by atoms with van der Waals surface area (Å²) >= 11 is 0. The summed E-state index contributed by atoms with van der Waals surface area (Å²) < 4.78 is 5.41. The predicted molar refractivity (Wildman–Crippen MR) is 75.4 cm³/mol. The first kappa shape index (κ1) is 13.6. The molecule has 2 aliphatic heterocycles. The molecule has 2 fully saturated rings. The van der Waals surface area contributed by atoms with Crippen LogP contribution in [0.2, 0.25) is 0 Å². The number of aliphatic hydroxyl groups is 1. The van der Waals surface area contributed by atoms with Crippen molar-refractivity contribution in [2.24, 2.45) is 5.92 Å². The maximum absolute atomic E-state index is 12.0. The Morgan fingerprint density at radius 3 is 2.85 bits per heavy atom. The number of rotatable bonds is 3. The zero-order chi connectivity index (χ0) is 14.1. The van der Waals surface area contributed by atoms with Crippen LogP contribution in [0.4, 0.5) is 0 Å². The van der Waals surface area contributed by atoms with Gasteiger partial charge in [0.05, 0.1) is 18.3 Å². The standard InChI is InChI=1S/C16H21NO3/c1-17-12-7-8-14(17)13(15(18)9-12)10-20-16(19)11-5-3-2-4-6-11/h2-6,12-15,18H,7-10H2,1H3/t12-,13-,14-,15+/m1/s1. The van der Waals surface area contributed by atoms with E-state index in [1.807, 2.05) is 18.2 Å². The van der Waals surface area contributed by atoms with Crippen LogP contribution >= 0.6 is 0 Å². The molecule has 2 heterocycles. The van der Waals surface area contributed by atoms with Crippen molar-refractivity contribution in [3.05, 3.63) is 35.9 Å². The molecule has 0 aliphatic carbocycles. The van der Waals surface area contributed by atoms with Crippen LogP contribution in [0, 0.1) is 5.92 Å². The summed E-state index contributed by atoms with van der Waals surface area (Å²) in [7, 11) is 2.11. The number of aliphatic hydroxyl groups excluding tert-OH is 1. The van der Waals surface area contributed by atoms with Crippen molar-refractivity contribution < 1.29 is 14.6 Å². The minimum atomic E-state index is -0.354. The van der Waals surface area contributed by atoms with E-state index < -0.39 is 0 Å². The first-order chi connectivity index (χ1) is 9.66. The number of piperidine rings is 1. The fourth-order valence-electron chi connectivity index (χ4n) is 3.60. The SMILES string of the molecule is CN1[C@@H]2CC[C@@H]1[C@@H](COC(=O)c1ccccc1)[C@@H](O)C2. The first-order valence-corrected chi connectivity index (χ1v) is 7.29. The van der Waals surface area contributed by atoms with Crippen molar-refractivity contribution >= 4 is 5.97 Å². The number of fused-ring (bicyclic) bond motifs is 2. The Balaban J connectivity index is 1.62. The summed E-state index contributed by atoms with van der Waals surface area (Å²) in [6, 6.07) is 9.84. The molecule has 3 rings (SSSR count). The third-order valence-electron chi connectivity index (χ3n) is 4.81. The molecule has 108 valence electrons. The largest absolute Gasteiger partial charge is 0.462 e. The van der Waals surface area contributed by atoms with Crippen LogP contribution in [0.1, 0.15) is 29.6 Å². The van der Waals surface area contributed by atoms with Gasteiger partial charge in [0.15, 0.2) is 0 Å². The summed E-state index contributed by atoms with van der Waals surface area (Å²) in [5.41, 5.74) is 0.565. The van der Waals surface area contributed by atoms with Crippen LogP contribution in [-0.4, -0.2) is 47.8 Å². The molecule has 1 N–H and O–H groups in total. The lowest BCUT2D eigenvalue weighted by molar-refractivity contribution is -0.0382. The molecule has 0 spiro atoms. The molecule has 0 amide bonds. The lowest BCUT2D eigenvalue weighted by Gasteiger charge is -2.40. The van der Waals surface area contributed by atoms with Gasteiger partial charge >= 0.3 is 5.97 Å². The fraction of sp³-hybridized carbons (Fsp3) is 0.562. The number of carbonyl (C=O) groups is 1. The van der Waals surface area contributed by atoms with Gasteiger partial charge < -0.3 is 9.84 Å². The molecule has 1 aromatic rings. The van der Waals surface area contributed by atoms with Crippen molar-refractivity contribution in [1.29, 1.82) is 0 Å². The second kappa shape index (κ2) is 5.54. The minimum absolute atomic E-state index is 0.0337. The van der Waals surface area contributed by atoms with Gasteiger partial charge in [-0.1, -0.05) is 18.2 Å². The minimum Gasteiger partial charge on any atom is -0.462 e. The molecular weight excluding hydrogens is 254 g/mol. The summed E-state index contributed by atoms with van der Waals surface area (Å²) in [6.45, 7) is 0.302. The molecule has 4 nitrogen and oxygen atoms in total. The van der Waals surface area contributed by atoms with E-state index in [4.69, 9.17) is 4.74 Å². The molecule has 4 atom stereocenters. The first-order valence-electron chi connectivity index (χ1n) is 7.29. The molecule has 2 saturated heterocycles. The van der Waals surface area contributed by atoms with Gasteiger partial charge in [0.2, 0.25) is 0 Å². The summed E-state index contributed by atoms with van der Waals surface area (Å²) in [6.07, 6.45) is 2.67. The average Bonchev–Trinajstić information content (AvgIpc) is 2.72. The zero-order valence-corrected chi connectivity index (χ0v) is 11.7. The van der Waals surface area contributed by atoms with Crippen LogP contribution in [-0.2, 0) is 4.74 Å². The van der Waals surface area contributed by atoms with E-state index in [0.29, 0.717) is 24.3 Å². The number of esters is 1. The Bertz CT molecular complexity index is 476. The lowest BCUT2D eigenvalue weighted by Crippen LogP contribution is -2.50. The molecule has 20 heavy (non-hydrogen) atoms. The summed E-state index contributed by atoms with van der Waals surface area (Å²) in [5, 5.41) is 10.2. The smallest absolute Gasteiger partial charge is 0.338 e. The summed E-state index contributed by atoms with van der Waals surface area (Å²) in [4.78, 5) is 14.3. The normalized spacial score (nSPS) is 33.1. The monoisotopic (exact) mass is 275 g/mol. The Morgan fingerprint density at radius 2 is 2.10 bits per heavy atom. The third-order valence-corrected chi connectivity index (χ3v) is 4.81. The Hall–Kier alpha value is -1.39. The number of benzene rings is 1. The van der Waals surface area contributed by atoms with Gasteiger partial charge in [-0.15, -0.1) is 0 Å². The highest BCUT2D eigenvalue weighted by molar-refractivity contribution is 5.89. The Labute approximate surface area is 119 Å². The van der Waals surface area contributed by atoms with Crippen LogP contribution < -0.4 is 0 Å². The highest BCUT2D eigenvalue weighted by Crippen LogP contribution is 2.38. The van der Waals surface area contributed by atoms with Crippen molar-refractivity contribution in [3.8, 4) is 0 Å². The molecule has 0 aromatic heterocycles. The van der Waals surface area contributed by atoms with E-state index in [1.165, 1.54) is 0 Å². The van der Waals surface area contributed by atoms with Gasteiger partial charge in [-0.25, -0.2) is 4.79 Å². The molecular formula is C16H21NO3. The van der Waals surface area contributed by atoms with Crippen molar-refractivity contribution in [2.75, 3.05) is 13.7 Å². The Kier molecular flexibility index (Phi) is 3.76. The Morgan fingerprint density at radius 1 is 1.35 bits per heavy atom. The number of hydrogen-bond donors (Lipinski definition) is 1.